The third kappa shape index (κ3) is 1.98. The summed E-state index contributed by atoms with van der Waals surface area (Å²) in [7, 11) is 0. The van der Waals surface area contributed by atoms with Gasteiger partial charge in [-0.25, -0.2) is 0 Å². The fourth-order valence-corrected chi connectivity index (χ4v) is 3.83. The highest BCUT2D eigenvalue weighted by Gasteiger charge is 2.45. The summed E-state index contributed by atoms with van der Waals surface area (Å²) < 4.78 is 1.23. The first kappa shape index (κ1) is 11.2. The van der Waals surface area contributed by atoms with Gasteiger partial charge in [-0.1, -0.05) is 6.58 Å². The summed E-state index contributed by atoms with van der Waals surface area (Å²) in [6.45, 7) is 8.04. The Hall–Kier alpha value is -0.340. The minimum absolute atomic E-state index is 0.391. The standard InChI is InChI=1S/C13H24NO/c1-2-8-14-9-4-3-7-13(14)12(11-15)6-5-10-14/h2,12-13,15H,1,3-11H2/q+1/t12-,13-,14-/m0/s1. The van der Waals surface area contributed by atoms with E-state index in [-0.39, 0.29) is 0 Å². The smallest absolute Gasteiger partial charge is 0.0973 e. The van der Waals surface area contributed by atoms with Gasteiger partial charge in [-0.15, -0.1) is 0 Å². The second-order valence-corrected chi connectivity index (χ2v) is 5.29. The molecule has 0 aromatic carbocycles. The lowest BCUT2D eigenvalue weighted by Crippen LogP contribution is -2.63. The molecule has 2 saturated heterocycles. The molecule has 2 nitrogen and oxygen atoms in total. The minimum Gasteiger partial charge on any atom is -0.396 e. The molecule has 0 spiro atoms. The van der Waals surface area contributed by atoms with Crippen LogP contribution < -0.4 is 0 Å². The topological polar surface area (TPSA) is 20.2 Å². The molecule has 2 fully saturated rings. The Kier molecular flexibility index (Phi) is 3.47. The van der Waals surface area contributed by atoms with E-state index >= 15 is 0 Å². The van der Waals surface area contributed by atoms with Gasteiger partial charge < -0.3 is 9.59 Å². The summed E-state index contributed by atoms with van der Waals surface area (Å²) in [5.41, 5.74) is 0. The van der Waals surface area contributed by atoms with Gasteiger partial charge in [-0.05, 0) is 31.8 Å². The molecule has 0 aliphatic carbocycles. The third-order valence-electron chi connectivity index (χ3n) is 4.51. The van der Waals surface area contributed by atoms with E-state index < -0.39 is 0 Å². The molecule has 0 radical (unpaired) electrons. The number of piperidine rings is 2. The number of rotatable bonds is 3. The highest BCUT2D eigenvalue weighted by atomic mass is 16.3. The Morgan fingerprint density at radius 3 is 2.73 bits per heavy atom. The molecule has 0 aromatic heterocycles. The molecule has 2 rings (SSSR count). The number of aliphatic hydroxyl groups is 1. The van der Waals surface area contributed by atoms with Crippen molar-refractivity contribution in [3.05, 3.63) is 12.7 Å². The van der Waals surface area contributed by atoms with Gasteiger partial charge in [0.15, 0.2) is 0 Å². The van der Waals surface area contributed by atoms with Crippen LogP contribution in [0.5, 0.6) is 0 Å². The fraction of sp³-hybridized carbons (Fsp3) is 0.846. The number of hydrogen-bond acceptors (Lipinski definition) is 1. The van der Waals surface area contributed by atoms with Crippen molar-refractivity contribution < 1.29 is 9.59 Å². The lowest BCUT2D eigenvalue weighted by Gasteiger charge is -2.53. The first-order chi connectivity index (χ1) is 7.32. The van der Waals surface area contributed by atoms with Crippen LogP contribution >= 0.6 is 0 Å². The predicted molar refractivity (Wildman–Crippen MR) is 62.5 cm³/mol. The van der Waals surface area contributed by atoms with Crippen LogP contribution in [0.4, 0.5) is 0 Å². The number of hydrogen-bond donors (Lipinski definition) is 1. The van der Waals surface area contributed by atoms with Crippen LogP contribution in [0.3, 0.4) is 0 Å². The molecule has 0 bridgehead atoms. The van der Waals surface area contributed by atoms with Gasteiger partial charge in [0.05, 0.1) is 32.3 Å². The van der Waals surface area contributed by atoms with Crippen LogP contribution in [-0.2, 0) is 0 Å². The summed E-state index contributed by atoms with van der Waals surface area (Å²) in [5, 5.41) is 9.48. The summed E-state index contributed by atoms with van der Waals surface area (Å²) in [4.78, 5) is 0. The van der Waals surface area contributed by atoms with Gasteiger partial charge in [0.1, 0.15) is 0 Å². The van der Waals surface area contributed by atoms with E-state index in [1.165, 1.54) is 49.7 Å². The third-order valence-corrected chi connectivity index (χ3v) is 4.51. The number of aliphatic hydroxyl groups excluding tert-OH is 1. The number of nitrogens with zero attached hydrogens (tertiary/aromatic N) is 1. The van der Waals surface area contributed by atoms with Gasteiger partial charge in [0.25, 0.3) is 0 Å². The second kappa shape index (κ2) is 4.67. The Morgan fingerprint density at radius 1 is 1.20 bits per heavy atom. The molecule has 86 valence electrons. The van der Waals surface area contributed by atoms with E-state index in [4.69, 9.17) is 0 Å². The predicted octanol–water partition coefficient (Wildman–Crippen LogP) is 1.94. The Bertz CT molecular complexity index is 225. The van der Waals surface area contributed by atoms with Crippen LogP contribution in [-0.4, -0.2) is 41.9 Å². The Morgan fingerprint density at radius 2 is 2.00 bits per heavy atom. The first-order valence-electron chi connectivity index (χ1n) is 6.40. The van der Waals surface area contributed by atoms with Crippen molar-refractivity contribution in [2.45, 2.75) is 38.1 Å². The summed E-state index contributed by atoms with van der Waals surface area (Å²) in [6, 6.07) is 0.718. The molecule has 1 N–H and O–H groups in total. The van der Waals surface area contributed by atoms with E-state index in [9.17, 15) is 5.11 Å². The van der Waals surface area contributed by atoms with Crippen LogP contribution in [0, 0.1) is 5.92 Å². The first-order valence-corrected chi connectivity index (χ1v) is 6.40. The SMILES string of the molecule is C=CC[N@@+]12CCCC[C@H]1[C@H](CO)CCC2. The van der Waals surface area contributed by atoms with Crippen LogP contribution in [0.2, 0.25) is 0 Å². The molecule has 0 amide bonds. The number of fused-ring (bicyclic) bond motifs is 1. The van der Waals surface area contributed by atoms with Crippen LogP contribution in [0.15, 0.2) is 12.7 Å². The zero-order valence-electron chi connectivity index (χ0n) is 9.70. The molecular formula is C13H24NO+. The van der Waals surface area contributed by atoms with Crippen molar-refractivity contribution in [3.63, 3.8) is 0 Å². The van der Waals surface area contributed by atoms with E-state index in [0.29, 0.717) is 12.5 Å². The molecule has 2 aliphatic rings. The minimum atomic E-state index is 0.391. The lowest BCUT2D eigenvalue weighted by atomic mass is 9.81. The molecular weight excluding hydrogens is 186 g/mol. The van der Waals surface area contributed by atoms with Gasteiger partial charge in [0.2, 0.25) is 0 Å². The highest BCUT2D eigenvalue weighted by Crippen LogP contribution is 2.37. The highest BCUT2D eigenvalue weighted by molar-refractivity contribution is 4.81. The monoisotopic (exact) mass is 210 g/mol. The molecule has 0 aromatic rings. The largest absolute Gasteiger partial charge is 0.396 e. The van der Waals surface area contributed by atoms with E-state index in [2.05, 4.69) is 12.7 Å². The fourth-order valence-electron chi connectivity index (χ4n) is 3.83. The lowest BCUT2D eigenvalue weighted by molar-refractivity contribution is -0.959. The van der Waals surface area contributed by atoms with Crippen molar-refractivity contribution in [1.29, 1.82) is 0 Å². The van der Waals surface area contributed by atoms with Crippen molar-refractivity contribution >= 4 is 0 Å². The van der Waals surface area contributed by atoms with Crippen LogP contribution in [0.25, 0.3) is 0 Å². The Labute approximate surface area is 93.2 Å². The normalized spacial score (nSPS) is 40.9. The van der Waals surface area contributed by atoms with Gasteiger partial charge in [-0.2, -0.15) is 0 Å². The maximum Gasteiger partial charge on any atom is 0.0973 e. The average molecular weight is 210 g/mol. The quantitative estimate of drug-likeness (QED) is 0.557. The van der Waals surface area contributed by atoms with Crippen molar-refractivity contribution in [2.24, 2.45) is 5.92 Å². The molecule has 0 unspecified atom stereocenters. The average Bonchev–Trinajstić information content (AvgIpc) is 2.28. The summed E-state index contributed by atoms with van der Waals surface area (Å²) >= 11 is 0. The maximum atomic E-state index is 9.48. The van der Waals surface area contributed by atoms with E-state index in [0.717, 1.165) is 12.6 Å². The Balaban J connectivity index is 2.17. The van der Waals surface area contributed by atoms with Crippen molar-refractivity contribution in [3.8, 4) is 0 Å². The molecule has 2 heteroatoms. The summed E-state index contributed by atoms with van der Waals surface area (Å²) in [6.07, 6.45) is 8.64. The molecule has 2 heterocycles. The zero-order valence-corrected chi connectivity index (χ0v) is 9.70. The molecule has 0 saturated carbocycles. The second-order valence-electron chi connectivity index (χ2n) is 5.29. The zero-order chi connectivity index (χ0) is 10.7. The van der Waals surface area contributed by atoms with E-state index in [1.807, 2.05) is 0 Å². The van der Waals surface area contributed by atoms with Gasteiger partial charge >= 0.3 is 0 Å². The number of quaternary nitrogens is 1. The van der Waals surface area contributed by atoms with E-state index in [1.54, 1.807) is 0 Å². The van der Waals surface area contributed by atoms with Crippen molar-refractivity contribution in [2.75, 3.05) is 26.2 Å². The molecule has 3 atom stereocenters. The maximum absolute atomic E-state index is 9.48. The van der Waals surface area contributed by atoms with Crippen molar-refractivity contribution in [1.82, 2.24) is 0 Å². The summed E-state index contributed by atoms with van der Waals surface area (Å²) in [5.74, 6) is 0.555. The molecule has 15 heavy (non-hydrogen) atoms. The van der Waals surface area contributed by atoms with Gasteiger partial charge in [-0.3, -0.25) is 0 Å². The van der Waals surface area contributed by atoms with Crippen LogP contribution in [0.1, 0.15) is 32.1 Å². The van der Waals surface area contributed by atoms with Gasteiger partial charge in [0, 0.05) is 12.3 Å². The molecule has 2 aliphatic heterocycles.